The van der Waals surface area contributed by atoms with Crippen LogP contribution in [0.15, 0.2) is 36.5 Å². The Balaban J connectivity index is 2.09. The van der Waals surface area contributed by atoms with E-state index in [1.54, 1.807) is 0 Å². The van der Waals surface area contributed by atoms with Crippen molar-refractivity contribution < 1.29 is 4.79 Å². The predicted molar refractivity (Wildman–Crippen MR) is 76.1 cm³/mol. The minimum atomic E-state index is 0.0717. The van der Waals surface area contributed by atoms with Crippen molar-refractivity contribution in [3.05, 3.63) is 47.8 Å². The summed E-state index contributed by atoms with van der Waals surface area (Å²) < 4.78 is 0. The number of hydrogen-bond acceptors (Lipinski definition) is 2. The molecule has 3 rings (SSSR count). The number of rotatable bonds is 2. The summed E-state index contributed by atoms with van der Waals surface area (Å²) in [5.74, 6) is 0.451. The van der Waals surface area contributed by atoms with Crippen LogP contribution in [0.3, 0.4) is 0 Å². The van der Waals surface area contributed by atoms with Gasteiger partial charge in [0.15, 0.2) is 0 Å². The molecule has 0 aliphatic carbocycles. The molecular formula is C16H16N2O. The maximum absolute atomic E-state index is 11.4. The molecule has 1 N–H and O–H groups in total. The van der Waals surface area contributed by atoms with Gasteiger partial charge in [-0.15, -0.1) is 0 Å². The molecule has 96 valence electrons. The van der Waals surface area contributed by atoms with Crippen LogP contribution in [0, 0.1) is 0 Å². The van der Waals surface area contributed by atoms with Crippen molar-refractivity contribution in [2.75, 3.05) is 5.32 Å². The smallest absolute Gasteiger partial charge is 0.228 e. The summed E-state index contributed by atoms with van der Waals surface area (Å²) in [7, 11) is 0. The molecule has 0 bridgehead atoms. The number of anilines is 1. The molecule has 3 heteroatoms. The van der Waals surface area contributed by atoms with E-state index in [1.807, 2.05) is 24.4 Å². The van der Waals surface area contributed by atoms with E-state index in [0.29, 0.717) is 12.3 Å². The van der Waals surface area contributed by atoms with Crippen molar-refractivity contribution in [3.63, 3.8) is 0 Å². The van der Waals surface area contributed by atoms with E-state index in [1.165, 1.54) is 0 Å². The van der Waals surface area contributed by atoms with Crippen LogP contribution in [-0.4, -0.2) is 10.9 Å². The second kappa shape index (κ2) is 4.50. The highest BCUT2D eigenvalue weighted by molar-refractivity contribution is 5.99. The highest BCUT2D eigenvalue weighted by Crippen LogP contribution is 2.32. The molecular weight excluding hydrogens is 236 g/mol. The van der Waals surface area contributed by atoms with Gasteiger partial charge in [0, 0.05) is 17.4 Å². The summed E-state index contributed by atoms with van der Waals surface area (Å²) >= 11 is 0. The maximum Gasteiger partial charge on any atom is 0.228 e. The van der Waals surface area contributed by atoms with Crippen molar-refractivity contribution >= 4 is 11.6 Å². The Bertz CT molecular complexity index is 647. The first-order valence-corrected chi connectivity index (χ1v) is 6.53. The average Bonchev–Trinajstić information content (AvgIpc) is 2.77. The SMILES string of the molecule is CC(C)c1ncccc1-c1ccc2c(c1)CC(=O)N2. The van der Waals surface area contributed by atoms with E-state index in [2.05, 4.69) is 36.3 Å². The Kier molecular flexibility index (Phi) is 2.82. The Labute approximate surface area is 112 Å². The van der Waals surface area contributed by atoms with Crippen molar-refractivity contribution in [1.82, 2.24) is 4.98 Å². The minimum absolute atomic E-state index is 0.0717. The normalized spacial score (nSPS) is 13.5. The van der Waals surface area contributed by atoms with Gasteiger partial charge in [-0.1, -0.05) is 26.0 Å². The molecule has 0 radical (unpaired) electrons. The van der Waals surface area contributed by atoms with Gasteiger partial charge in [0.05, 0.1) is 12.1 Å². The average molecular weight is 252 g/mol. The van der Waals surface area contributed by atoms with Crippen molar-refractivity contribution in [2.24, 2.45) is 0 Å². The number of carbonyl (C=O) groups is 1. The summed E-state index contributed by atoms with van der Waals surface area (Å²) in [6.45, 7) is 4.29. The van der Waals surface area contributed by atoms with Crippen LogP contribution in [0.1, 0.15) is 31.0 Å². The lowest BCUT2D eigenvalue weighted by Crippen LogP contribution is -2.03. The number of hydrogen-bond donors (Lipinski definition) is 1. The molecule has 0 atom stereocenters. The zero-order chi connectivity index (χ0) is 13.4. The summed E-state index contributed by atoms with van der Waals surface area (Å²) in [4.78, 5) is 15.9. The van der Waals surface area contributed by atoms with Gasteiger partial charge in [-0.2, -0.15) is 0 Å². The van der Waals surface area contributed by atoms with Crippen LogP contribution >= 0.6 is 0 Å². The third-order valence-corrected chi connectivity index (χ3v) is 3.43. The molecule has 1 aliphatic heterocycles. The molecule has 19 heavy (non-hydrogen) atoms. The highest BCUT2D eigenvalue weighted by Gasteiger charge is 2.18. The predicted octanol–water partition coefficient (Wildman–Crippen LogP) is 3.37. The monoisotopic (exact) mass is 252 g/mol. The largest absolute Gasteiger partial charge is 0.326 e. The number of benzene rings is 1. The van der Waals surface area contributed by atoms with Gasteiger partial charge in [-0.25, -0.2) is 0 Å². The summed E-state index contributed by atoms with van der Waals surface area (Å²) in [5, 5.41) is 2.86. The van der Waals surface area contributed by atoms with Gasteiger partial charge in [-0.3, -0.25) is 9.78 Å². The first kappa shape index (κ1) is 11.9. The van der Waals surface area contributed by atoms with Crippen LogP contribution in [0.2, 0.25) is 0 Å². The topological polar surface area (TPSA) is 42.0 Å². The number of aromatic nitrogens is 1. The number of nitrogens with one attached hydrogen (secondary N) is 1. The van der Waals surface area contributed by atoms with Gasteiger partial charge in [0.2, 0.25) is 5.91 Å². The maximum atomic E-state index is 11.4. The van der Waals surface area contributed by atoms with Gasteiger partial charge >= 0.3 is 0 Å². The van der Waals surface area contributed by atoms with Crippen LogP contribution in [-0.2, 0) is 11.2 Å². The van der Waals surface area contributed by atoms with Gasteiger partial charge in [0.25, 0.3) is 0 Å². The molecule has 0 saturated heterocycles. The quantitative estimate of drug-likeness (QED) is 0.890. The van der Waals surface area contributed by atoms with Crippen molar-refractivity contribution in [1.29, 1.82) is 0 Å². The van der Waals surface area contributed by atoms with Gasteiger partial charge in [0.1, 0.15) is 0 Å². The Morgan fingerprint density at radius 3 is 2.89 bits per heavy atom. The lowest BCUT2D eigenvalue weighted by molar-refractivity contribution is -0.115. The molecule has 0 spiro atoms. The molecule has 0 saturated carbocycles. The third-order valence-electron chi connectivity index (χ3n) is 3.43. The van der Waals surface area contributed by atoms with E-state index < -0.39 is 0 Å². The Hall–Kier alpha value is -2.16. The first-order valence-electron chi connectivity index (χ1n) is 6.53. The molecule has 0 unspecified atom stereocenters. The fourth-order valence-corrected chi connectivity index (χ4v) is 2.52. The summed E-state index contributed by atoms with van der Waals surface area (Å²) in [6.07, 6.45) is 2.30. The van der Waals surface area contributed by atoms with E-state index in [0.717, 1.165) is 28.1 Å². The van der Waals surface area contributed by atoms with E-state index in [-0.39, 0.29) is 5.91 Å². The van der Waals surface area contributed by atoms with Gasteiger partial charge < -0.3 is 5.32 Å². The molecule has 1 aromatic carbocycles. The third kappa shape index (κ3) is 2.12. The van der Waals surface area contributed by atoms with Crippen LogP contribution < -0.4 is 5.32 Å². The Morgan fingerprint density at radius 2 is 2.11 bits per heavy atom. The fourth-order valence-electron chi connectivity index (χ4n) is 2.52. The van der Waals surface area contributed by atoms with E-state index in [4.69, 9.17) is 0 Å². The van der Waals surface area contributed by atoms with Crippen LogP contribution in [0.5, 0.6) is 0 Å². The number of fused-ring (bicyclic) bond motifs is 1. The van der Waals surface area contributed by atoms with Crippen molar-refractivity contribution in [3.8, 4) is 11.1 Å². The van der Waals surface area contributed by atoms with E-state index in [9.17, 15) is 4.79 Å². The standard InChI is InChI=1S/C16H16N2O/c1-10(2)16-13(4-3-7-17-16)11-5-6-14-12(8-11)9-15(19)18-14/h3-8,10H,9H2,1-2H3,(H,18,19). The zero-order valence-electron chi connectivity index (χ0n) is 11.1. The van der Waals surface area contributed by atoms with Gasteiger partial charge in [-0.05, 0) is 35.2 Å². The highest BCUT2D eigenvalue weighted by atomic mass is 16.1. The van der Waals surface area contributed by atoms with Crippen LogP contribution in [0.4, 0.5) is 5.69 Å². The number of nitrogens with zero attached hydrogens (tertiary/aromatic N) is 1. The molecule has 0 fully saturated rings. The molecule has 2 aromatic rings. The molecule has 1 aromatic heterocycles. The molecule has 1 amide bonds. The lowest BCUT2D eigenvalue weighted by Gasteiger charge is -2.12. The second-order valence-corrected chi connectivity index (χ2v) is 5.19. The minimum Gasteiger partial charge on any atom is -0.326 e. The zero-order valence-corrected chi connectivity index (χ0v) is 11.1. The van der Waals surface area contributed by atoms with E-state index >= 15 is 0 Å². The first-order chi connectivity index (χ1) is 9.15. The number of pyridine rings is 1. The molecule has 2 heterocycles. The number of carbonyl (C=O) groups excluding carboxylic acids is 1. The van der Waals surface area contributed by atoms with Crippen LogP contribution in [0.25, 0.3) is 11.1 Å². The Morgan fingerprint density at radius 1 is 1.26 bits per heavy atom. The fraction of sp³-hybridized carbons (Fsp3) is 0.250. The molecule has 3 nitrogen and oxygen atoms in total. The summed E-state index contributed by atoms with van der Waals surface area (Å²) in [5.41, 5.74) is 5.39. The van der Waals surface area contributed by atoms with Crippen molar-refractivity contribution in [2.45, 2.75) is 26.2 Å². The number of amides is 1. The molecule has 1 aliphatic rings. The lowest BCUT2D eigenvalue weighted by atomic mass is 9.96. The second-order valence-electron chi connectivity index (χ2n) is 5.19. The summed E-state index contributed by atoms with van der Waals surface area (Å²) in [6, 6.07) is 10.2.